The summed E-state index contributed by atoms with van der Waals surface area (Å²) in [5.74, 6) is -0.276. The first-order chi connectivity index (χ1) is 10.0. The van der Waals surface area contributed by atoms with E-state index in [-0.39, 0.29) is 6.03 Å². The summed E-state index contributed by atoms with van der Waals surface area (Å²) < 4.78 is 5.20. The van der Waals surface area contributed by atoms with E-state index in [2.05, 4.69) is 5.32 Å². The number of carbonyl (C=O) groups is 2. The van der Waals surface area contributed by atoms with Crippen molar-refractivity contribution in [2.45, 2.75) is 50.6 Å². The number of carbonyl (C=O) groups excluding carboxylic acids is 1. The highest BCUT2D eigenvalue weighted by atomic mass is 16.4. The lowest BCUT2D eigenvalue weighted by atomic mass is 9.90. The van der Waals surface area contributed by atoms with Gasteiger partial charge in [0.1, 0.15) is 11.3 Å². The minimum Gasteiger partial charge on any atom is -0.480 e. The molecule has 116 valence electrons. The summed E-state index contributed by atoms with van der Waals surface area (Å²) >= 11 is 0. The molecule has 2 N–H and O–H groups in total. The van der Waals surface area contributed by atoms with Crippen LogP contribution in [-0.2, 0) is 11.3 Å². The monoisotopic (exact) mass is 294 g/mol. The van der Waals surface area contributed by atoms with Crippen LogP contribution in [0.1, 0.15) is 44.3 Å². The normalized spacial score (nSPS) is 17.8. The molecule has 0 spiro atoms. The number of nitrogens with one attached hydrogen (secondary N) is 1. The zero-order chi connectivity index (χ0) is 15.3. The second-order valence-corrected chi connectivity index (χ2v) is 5.67. The second-order valence-electron chi connectivity index (χ2n) is 5.67. The number of urea groups is 1. The van der Waals surface area contributed by atoms with Gasteiger partial charge in [-0.15, -0.1) is 0 Å². The SMILES string of the molecule is CN(Cc1ccco1)C(=O)NC1(C(=O)O)CCCCCC1. The van der Waals surface area contributed by atoms with Gasteiger partial charge in [-0.1, -0.05) is 25.7 Å². The van der Waals surface area contributed by atoms with Crippen LogP contribution in [-0.4, -0.2) is 34.6 Å². The molecule has 1 aliphatic rings. The van der Waals surface area contributed by atoms with Gasteiger partial charge < -0.3 is 19.7 Å². The van der Waals surface area contributed by atoms with Gasteiger partial charge in [-0.25, -0.2) is 9.59 Å². The molecule has 6 nitrogen and oxygen atoms in total. The van der Waals surface area contributed by atoms with Crippen LogP contribution < -0.4 is 5.32 Å². The minimum absolute atomic E-state index is 0.314. The number of nitrogens with zero attached hydrogens (tertiary/aromatic N) is 1. The molecular formula is C15H22N2O4. The van der Waals surface area contributed by atoms with E-state index in [4.69, 9.17) is 4.42 Å². The molecule has 1 aliphatic carbocycles. The van der Waals surface area contributed by atoms with Crippen LogP contribution in [0.5, 0.6) is 0 Å². The highest BCUT2D eigenvalue weighted by molar-refractivity contribution is 5.86. The topological polar surface area (TPSA) is 82.8 Å². The van der Waals surface area contributed by atoms with E-state index in [9.17, 15) is 14.7 Å². The highest BCUT2D eigenvalue weighted by Crippen LogP contribution is 2.27. The summed E-state index contributed by atoms with van der Waals surface area (Å²) in [6, 6.07) is 3.16. The smallest absolute Gasteiger partial charge is 0.329 e. The molecule has 0 saturated heterocycles. The molecule has 21 heavy (non-hydrogen) atoms. The first-order valence-corrected chi connectivity index (χ1v) is 7.32. The number of hydrogen-bond acceptors (Lipinski definition) is 3. The number of amides is 2. The molecule has 1 saturated carbocycles. The summed E-state index contributed by atoms with van der Waals surface area (Å²) in [4.78, 5) is 25.4. The first-order valence-electron chi connectivity index (χ1n) is 7.32. The molecule has 1 fully saturated rings. The van der Waals surface area contributed by atoms with Crippen LogP contribution in [0.3, 0.4) is 0 Å². The third-order valence-electron chi connectivity index (χ3n) is 4.03. The second kappa shape index (κ2) is 6.65. The lowest BCUT2D eigenvalue weighted by Crippen LogP contribution is -2.57. The van der Waals surface area contributed by atoms with Crippen molar-refractivity contribution in [3.63, 3.8) is 0 Å². The van der Waals surface area contributed by atoms with E-state index in [1.165, 1.54) is 4.90 Å². The van der Waals surface area contributed by atoms with E-state index >= 15 is 0 Å². The maximum absolute atomic E-state index is 12.3. The Balaban J connectivity index is 2.02. The zero-order valence-corrected chi connectivity index (χ0v) is 12.3. The highest BCUT2D eigenvalue weighted by Gasteiger charge is 2.40. The molecule has 1 heterocycles. The van der Waals surface area contributed by atoms with Crippen molar-refractivity contribution in [2.24, 2.45) is 0 Å². The quantitative estimate of drug-likeness (QED) is 0.836. The first kappa shape index (κ1) is 15.4. The van der Waals surface area contributed by atoms with Crippen molar-refractivity contribution in [2.75, 3.05) is 7.05 Å². The lowest BCUT2D eigenvalue weighted by molar-refractivity contribution is -0.145. The third-order valence-corrected chi connectivity index (χ3v) is 4.03. The fraction of sp³-hybridized carbons (Fsp3) is 0.600. The Morgan fingerprint density at radius 2 is 2.00 bits per heavy atom. The van der Waals surface area contributed by atoms with Crippen molar-refractivity contribution >= 4 is 12.0 Å². The van der Waals surface area contributed by atoms with Gasteiger partial charge >= 0.3 is 12.0 Å². The van der Waals surface area contributed by atoms with Crippen LogP contribution in [0.4, 0.5) is 4.79 Å². The number of rotatable bonds is 4. The fourth-order valence-corrected chi connectivity index (χ4v) is 2.73. The van der Waals surface area contributed by atoms with E-state index in [0.29, 0.717) is 25.1 Å². The summed E-state index contributed by atoms with van der Waals surface area (Å²) in [7, 11) is 1.63. The molecule has 0 aliphatic heterocycles. The van der Waals surface area contributed by atoms with Gasteiger partial charge in [0.05, 0.1) is 12.8 Å². The largest absolute Gasteiger partial charge is 0.480 e. The van der Waals surface area contributed by atoms with Crippen molar-refractivity contribution < 1.29 is 19.1 Å². The summed E-state index contributed by atoms with van der Waals surface area (Å²) in [5, 5.41) is 12.3. The molecule has 2 rings (SSSR count). The molecule has 0 atom stereocenters. The number of aliphatic carboxylic acids is 1. The Kier molecular flexibility index (Phi) is 4.88. The van der Waals surface area contributed by atoms with Gasteiger partial charge in [-0.3, -0.25) is 0 Å². The van der Waals surface area contributed by atoms with Gasteiger partial charge in [0.2, 0.25) is 0 Å². The maximum atomic E-state index is 12.3. The number of carboxylic acid groups (broad SMARTS) is 1. The molecule has 6 heteroatoms. The molecule has 0 radical (unpaired) electrons. The van der Waals surface area contributed by atoms with E-state index in [0.717, 1.165) is 25.7 Å². The van der Waals surface area contributed by atoms with Crippen LogP contribution in [0, 0.1) is 0 Å². The molecule has 0 aromatic carbocycles. The van der Waals surface area contributed by atoms with Crippen LogP contribution in [0.25, 0.3) is 0 Å². The average molecular weight is 294 g/mol. The van der Waals surface area contributed by atoms with Crippen molar-refractivity contribution in [1.82, 2.24) is 10.2 Å². The van der Waals surface area contributed by atoms with Crippen molar-refractivity contribution in [3.8, 4) is 0 Å². The maximum Gasteiger partial charge on any atom is 0.329 e. The Hall–Kier alpha value is -1.98. The minimum atomic E-state index is -1.13. The summed E-state index contributed by atoms with van der Waals surface area (Å²) in [6.07, 6.45) is 6.22. The van der Waals surface area contributed by atoms with E-state index in [1.54, 1.807) is 25.4 Å². The fourth-order valence-electron chi connectivity index (χ4n) is 2.73. The Labute approximate surface area is 124 Å². The van der Waals surface area contributed by atoms with Gasteiger partial charge in [0.25, 0.3) is 0 Å². The predicted molar refractivity (Wildman–Crippen MR) is 76.8 cm³/mol. The van der Waals surface area contributed by atoms with Crippen molar-refractivity contribution in [1.29, 1.82) is 0 Å². The van der Waals surface area contributed by atoms with Crippen molar-refractivity contribution in [3.05, 3.63) is 24.2 Å². The lowest BCUT2D eigenvalue weighted by Gasteiger charge is -2.31. The molecule has 1 aromatic heterocycles. The predicted octanol–water partition coefficient (Wildman–Crippen LogP) is 2.60. The number of hydrogen-bond donors (Lipinski definition) is 2. The van der Waals surface area contributed by atoms with Crippen LogP contribution in [0.15, 0.2) is 22.8 Å². The molecule has 1 aromatic rings. The Morgan fingerprint density at radius 3 is 2.52 bits per heavy atom. The molecule has 0 unspecified atom stereocenters. The Bertz CT molecular complexity index is 476. The zero-order valence-electron chi connectivity index (χ0n) is 12.3. The van der Waals surface area contributed by atoms with Gasteiger partial charge in [0.15, 0.2) is 0 Å². The Morgan fingerprint density at radius 1 is 1.33 bits per heavy atom. The summed E-state index contributed by atoms with van der Waals surface area (Å²) in [5.41, 5.74) is -1.13. The van der Waals surface area contributed by atoms with Crippen LogP contribution >= 0.6 is 0 Å². The molecule has 2 amide bonds. The van der Waals surface area contributed by atoms with Gasteiger partial charge in [0, 0.05) is 7.05 Å². The van der Waals surface area contributed by atoms with Gasteiger partial charge in [-0.05, 0) is 25.0 Å². The van der Waals surface area contributed by atoms with E-state index < -0.39 is 11.5 Å². The standard InChI is InChI=1S/C15H22N2O4/c1-17(11-12-7-6-10-21-12)14(20)16-15(13(18)19)8-4-2-3-5-9-15/h6-7,10H,2-5,8-9,11H2,1H3,(H,16,20)(H,18,19). The third kappa shape index (κ3) is 3.77. The van der Waals surface area contributed by atoms with Gasteiger partial charge in [-0.2, -0.15) is 0 Å². The number of furan rings is 1. The molecule has 0 bridgehead atoms. The van der Waals surface area contributed by atoms with Crippen LogP contribution in [0.2, 0.25) is 0 Å². The number of carboxylic acids is 1. The average Bonchev–Trinajstić information content (AvgIpc) is 2.83. The molecular weight excluding hydrogens is 272 g/mol. The van der Waals surface area contributed by atoms with E-state index in [1.807, 2.05) is 0 Å². The summed E-state index contributed by atoms with van der Waals surface area (Å²) in [6.45, 7) is 0.314.